The van der Waals surface area contributed by atoms with E-state index in [1.807, 2.05) is 0 Å². The van der Waals surface area contributed by atoms with Crippen molar-refractivity contribution in [2.45, 2.75) is 13.1 Å². The number of fused-ring (bicyclic) bond motifs is 2. The van der Waals surface area contributed by atoms with Crippen LogP contribution >= 0.6 is 0 Å². The van der Waals surface area contributed by atoms with Crippen LogP contribution in [0.25, 0.3) is 21.8 Å². The highest BCUT2D eigenvalue weighted by atomic mass is 19.4. The minimum atomic E-state index is -4.70. The van der Waals surface area contributed by atoms with Gasteiger partial charge in [0.05, 0.1) is 22.5 Å². The first-order chi connectivity index (χ1) is 18.1. The van der Waals surface area contributed by atoms with E-state index >= 15 is 0 Å². The van der Waals surface area contributed by atoms with Crippen LogP contribution < -0.4 is 20.9 Å². The summed E-state index contributed by atoms with van der Waals surface area (Å²) in [6, 6.07) is 14.1. The lowest BCUT2D eigenvalue weighted by Gasteiger charge is -2.15. The van der Waals surface area contributed by atoms with Crippen LogP contribution in [0.15, 0.2) is 77.7 Å². The summed E-state index contributed by atoms with van der Waals surface area (Å²) in [7, 11) is 0. The van der Waals surface area contributed by atoms with Crippen molar-refractivity contribution in [1.29, 1.82) is 0 Å². The summed E-state index contributed by atoms with van der Waals surface area (Å²) in [5.74, 6) is -0.250. The zero-order chi connectivity index (χ0) is 27.0. The number of hydrogen-bond donors (Lipinski definition) is 3. The number of carbonyl (C=O) groups is 1. The van der Waals surface area contributed by atoms with Gasteiger partial charge in [0.25, 0.3) is 5.56 Å². The maximum Gasteiger partial charge on any atom is 0.416 e. The number of alkyl halides is 3. The van der Waals surface area contributed by atoms with Crippen LogP contribution in [-0.4, -0.2) is 16.0 Å². The molecular weight excluding hydrogens is 504 g/mol. The maximum absolute atomic E-state index is 14.1. The van der Waals surface area contributed by atoms with E-state index in [0.717, 1.165) is 0 Å². The van der Waals surface area contributed by atoms with Crippen molar-refractivity contribution in [3.63, 3.8) is 0 Å². The Morgan fingerprint density at radius 1 is 0.921 bits per heavy atom. The molecule has 0 radical (unpaired) electrons. The molecule has 192 valence electrons. The third-order valence-corrected chi connectivity index (χ3v) is 5.79. The monoisotopic (exact) mass is 522 g/mol. The minimum absolute atomic E-state index is 0.275. The standard InChI is InChI=1S/C27H18F4N4O3/c1-14-12-21-24(35-25(14)36)23(10-11-32-21)38-22-9-8-19(16-4-2-3-5-17(16)22)33-26(37)34-20-13-15(27(29,30)31)6-7-18(20)28/h2-13H,1H3,(H,35,36)(H2,33,34,37). The van der Waals surface area contributed by atoms with Gasteiger partial charge in [-0.2, -0.15) is 13.2 Å². The third-order valence-electron chi connectivity index (χ3n) is 5.79. The largest absolute Gasteiger partial charge is 0.454 e. The second kappa shape index (κ2) is 9.51. The summed E-state index contributed by atoms with van der Waals surface area (Å²) in [6.07, 6.45) is -3.15. The highest BCUT2D eigenvalue weighted by Gasteiger charge is 2.31. The van der Waals surface area contributed by atoms with Crippen molar-refractivity contribution in [2.24, 2.45) is 0 Å². The van der Waals surface area contributed by atoms with Gasteiger partial charge in [-0.15, -0.1) is 0 Å². The van der Waals surface area contributed by atoms with Crippen LogP contribution in [0.4, 0.5) is 33.7 Å². The Morgan fingerprint density at radius 3 is 2.42 bits per heavy atom. The number of pyridine rings is 2. The normalized spacial score (nSPS) is 11.5. The molecule has 0 saturated heterocycles. The molecule has 5 rings (SSSR count). The number of aromatic nitrogens is 2. The molecule has 7 nitrogen and oxygen atoms in total. The lowest BCUT2D eigenvalue weighted by molar-refractivity contribution is -0.137. The maximum atomic E-state index is 14.1. The number of hydrogen-bond acceptors (Lipinski definition) is 4. The van der Waals surface area contributed by atoms with Gasteiger partial charge in [-0.25, -0.2) is 9.18 Å². The molecule has 0 atom stereocenters. The predicted molar refractivity (Wildman–Crippen MR) is 135 cm³/mol. The Labute approximate surface area is 212 Å². The summed E-state index contributed by atoms with van der Waals surface area (Å²) >= 11 is 0. The fraction of sp³-hybridized carbons (Fsp3) is 0.0741. The summed E-state index contributed by atoms with van der Waals surface area (Å²) in [5, 5.41) is 5.81. The van der Waals surface area contributed by atoms with Gasteiger partial charge in [0, 0.05) is 28.6 Å². The SMILES string of the molecule is Cc1cc2nccc(Oc3ccc(NC(=O)Nc4cc(C(F)(F)F)ccc4F)c4ccccc34)c2[nH]c1=O. The first-order valence-electron chi connectivity index (χ1n) is 11.2. The van der Waals surface area contributed by atoms with Crippen LogP contribution in [0.3, 0.4) is 0 Å². The number of aryl methyl sites for hydroxylation is 1. The molecule has 0 bridgehead atoms. The van der Waals surface area contributed by atoms with Crippen molar-refractivity contribution in [1.82, 2.24) is 9.97 Å². The third kappa shape index (κ3) is 4.85. The summed E-state index contributed by atoms with van der Waals surface area (Å²) in [5.41, 5.74) is -0.218. The summed E-state index contributed by atoms with van der Waals surface area (Å²) in [4.78, 5) is 31.8. The number of aromatic amines is 1. The van der Waals surface area contributed by atoms with E-state index < -0.39 is 29.3 Å². The van der Waals surface area contributed by atoms with Crippen LogP contribution in [0, 0.1) is 12.7 Å². The molecule has 0 aliphatic carbocycles. The number of nitrogens with zero attached hydrogens (tertiary/aromatic N) is 1. The van der Waals surface area contributed by atoms with E-state index in [2.05, 4.69) is 20.6 Å². The number of halogens is 4. The second-order valence-electron chi connectivity index (χ2n) is 8.38. The summed E-state index contributed by atoms with van der Waals surface area (Å²) in [6.45, 7) is 1.67. The van der Waals surface area contributed by atoms with Crippen molar-refractivity contribution in [2.75, 3.05) is 10.6 Å². The number of ether oxygens (including phenoxy) is 1. The van der Waals surface area contributed by atoms with Gasteiger partial charge in [0.1, 0.15) is 17.1 Å². The zero-order valence-electron chi connectivity index (χ0n) is 19.6. The Bertz CT molecular complexity index is 1770. The number of urea groups is 1. The lowest BCUT2D eigenvalue weighted by Crippen LogP contribution is -2.21. The molecule has 3 N–H and O–H groups in total. The molecule has 3 aromatic carbocycles. The first kappa shape index (κ1) is 24.8. The van der Waals surface area contributed by atoms with Crippen LogP contribution in [0.5, 0.6) is 11.5 Å². The van der Waals surface area contributed by atoms with Crippen molar-refractivity contribution in [3.8, 4) is 11.5 Å². The van der Waals surface area contributed by atoms with Gasteiger partial charge in [-0.3, -0.25) is 9.78 Å². The molecule has 38 heavy (non-hydrogen) atoms. The van der Waals surface area contributed by atoms with E-state index in [-0.39, 0.29) is 5.56 Å². The molecule has 2 heterocycles. The van der Waals surface area contributed by atoms with E-state index in [1.165, 1.54) is 6.07 Å². The van der Waals surface area contributed by atoms with Crippen LogP contribution in [0.2, 0.25) is 0 Å². The van der Waals surface area contributed by atoms with Crippen molar-refractivity contribution in [3.05, 3.63) is 100 Å². The fourth-order valence-corrected chi connectivity index (χ4v) is 3.92. The van der Waals surface area contributed by atoms with Gasteiger partial charge in [-0.05, 0) is 43.3 Å². The molecule has 2 aromatic heterocycles. The first-order valence-corrected chi connectivity index (χ1v) is 11.2. The van der Waals surface area contributed by atoms with E-state index in [1.54, 1.807) is 55.6 Å². The summed E-state index contributed by atoms with van der Waals surface area (Å²) < 4.78 is 59.2. The molecule has 0 unspecified atom stereocenters. The van der Waals surface area contributed by atoms with Gasteiger partial charge in [0.2, 0.25) is 0 Å². The van der Waals surface area contributed by atoms with E-state index in [9.17, 15) is 27.2 Å². The number of rotatable bonds is 4. The lowest BCUT2D eigenvalue weighted by atomic mass is 10.1. The van der Waals surface area contributed by atoms with Gasteiger partial charge < -0.3 is 20.4 Å². The molecule has 0 spiro atoms. The number of amides is 2. The number of benzene rings is 3. The van der Waals surface area contributed by atoms with Gasteiger partial charge >= 0.3 is 12.2 Å². The average molecular weight is 522 g/mol. The molecule has 5 aromatic rings. The van der Waals surface area contributed by atoms with Gasteiger partial charge in [0.15, 0.2) is 5.75 Å². The molecule has 0 fully saturated rings. The fourth-order valence-electron chi connectivity index (χ4n) is 3.92. The molecule has 0 saturated carbocycles. The number of H-pyrrole nitrogens is 1. The molecule has 11 heteroatoms. The predicted octanol–water partition coefficient (Wildman–Crippen LogP) is 6.98. The Kier molecular flexibility index (Phi) is 6.19. The highest BCUT2D eigenvalue weighted by Crippen LogP contribution is 2.36. The van der Waals surface area contributed by atoms with Crippen molar-refractivity contribution < 1.29 is 27.1 Å². The quantitative estimate of drug-likeness (QED) is 0.222. The Balaban J connectivity index is 1.45. The topological polar surface area (TPSA) is 96.1 Å². The van der Waals surface area contributed by atoms with E-state index in [4.69, 9.17) is 4.74 Å². The van der Waals surface area contributed by atoms with Crippen LogP contribution in [-0.2, 0) is 6.18 Å². The Hall–Kier alpha value is -4.93. The number of anilines is 2. The highest BCUT2D eigenvalue weighted by molar-refractivity contribution is 6.07. The number of nitrogens with one attached hydrogen (secondary N) is 3. The smallest absolute Gasteiger partial charge is 0.416 e. The zero-order valence-corrected chi connectivity index (χ0v) is 19.6. The van der Waals surface area contributed by atoms with Gasteiger partial charge in [-0.1, -0.05) is 24.3 Å². The Morgan fingerprint density at radius 2 is 1.66 bits per heavy atom. The molecule has 0 aliphatic rings. The van der Waals surface area contributed by atoms with Crippen molar-refractivity contribution >= 4 is 39.2 Å². The van der Waals surface area contributed by atoms with E-state index in [0.29, 0.717) is 62.8 Å². The number of carbonyl (C=O) groups excluding carboxylic acids is 1. The molecule has 2 amide bonds. The average Bonchev–Trinajstić information content (AvgIpc) is 2.87. The van der Waals surface area contributed by atoms with Crippen LogP contribution in [0.1, 0.15) is 11.1 Å². The molecular formula is C27H18F4N4O3. The second-order valence-corrected chi connectivity index (χ2v) is 8.38. The minimum Gasteiger partial charge on any atom is -0.454 e. The molecule has 0 aliphatic heterocycles.